The van der Waals surface area contributed by atoms with Crippen LogP contribution in [0, 0.1) is 0 Å². The van der Waals surface area contributed by atoms with Crippen LogP contribution in [0.3, 0.4) is 0 Å². The Morgan fingerprint density at radius 1 is 0.963 bits per heavy atom. The van der Waals surface area contributed by atoms with Crippen molar-refractivity contribution < 1.29 is 14.2 Å². The van der Waals surface area contributed by atoms with Gasteiger partial charge in [-0.1, -0.05) is 0 Å². The number of ether oxygens (including phenoxy) is 3. The quantitative estimate of drug-likeness (QED) is 0.474. The van der Waals surface area contributed by atoms with Gasteiger partial charge in [0.2, 0.25) is 5.13 Å². The van der Waals surface area contributed by atoms with E-state index in [1.54, 1.807) is 21.3 Å². The largest absolute Gasteiger partial charge is 0.497 e. The zero-order valence-electron chi connectivity index (χ0n) is 15.6. The number of anilines is 1. The van der Waals surface area contributed by atoms with E-state index in [4.69, 9.17) is 14.2 Å². The summed E-state index contributed by atoms with van der Waals surface area (Å²) in [4.78, 5) is 4.60. The Balaban J connectivity index is 1.78. The second-order valence-corrected chi connectivity index (χ2v) is 6.50. The minimum Gasteiger partial charge on any atom is -0.497 e. The fraction of sp³-hybridized carbons (Fsp3) is 0.200. The summed E-state index contributed by atoms with van der Waals surface area (Å²) in [5, 5.41) is 7.07. The van der Waals surface area contributed by atoms with Gasteiger partial charge in [0, 0.05) is 10.9 Å². The van der Waals surface area contributed by atoms with Gasteiger partial charge in [-0.2, -0.15) is 5.10 Å². The molecule has 0 unspecified atom stereocenters. The van der Waals surface area contributed by atoms with Crippen LogP contribution in [0.15, 0.2) is 52.9 Å². The van der Waals surface area contributed by atoms with Crippen molar-refractivity contribution >= 4 is 22.2 Å². The SMILES string of the molecule is COc1ccc(/C(C)=N/Nc2nc(-c3cc(OC)ccc3OC)cs2)cc1. The number of methoxy groups -OCH3 is 3. The van der Waals surface area contributed by atoms with Crippen molar-refractivity contribution in [3.63, 3.8) is 0 Å². The molecule has 27 heavy (non-hydrogen) atoms. The molecular formula is C20H21N3O3S. The van der Waals surface area contributed by atoms with Crippen LogP contribution in [0.5, 0.6) is 17.2 Å². The van der Waals surface area contributed by atoms with Crippen molar-refractivity contribution in [2.45, 2.75) is 6.92 Å². The number of hydrazone groups is 1. The van der Waals surface area contributed by atoms with Crippen LogP contribution in [-0.2, 0) is 0 Å². The fourth-order valence-electron chi connectivity index (χ4n) is 2.49. The predicted octanol–water partition coefficient (Wildman–Crippen LogP) is 4.67. The van der Waals surface area contributed by atoms with E-state index in [0.29, 0.717) is 5.13 Å². The summed E-state index contributed by atoms with van der Waals surface area (Å²) in [6.45, 7) is 1.94. The van der Waals surface area contributed by atoms with Crippen LogP contribution in [0.1, 0.15) is 12.5 Å². The van der Waals surface area contributed by atoms with E-state index in [-0.39, 0.29) is 0 Å². The van der Waals surface area contributed by atoms with E-state index < -0.39 is 0 Å². The molecule has 140 valence electrons. The van der Waals surface area contributed by atoms with Gasteiger partial charge in [0.1, 0.15) is 17.2 Å². The molecule has 0 radical (unpaired) electrons. The summed E-state index contributed by atoms with van der Waals surface area (Å²) in [6.07, 6.45) is 0. The number of nitrogens with one attached hydrogen (secondary N) is 1. The zero-order valence-corrected chi connectivity index (χ0v) is 16.5. The maximum atomic E-state index is 5.43. The lowest BCUT2D eigenvalue weighted by atomic mass is 10.1. The first-order valence-electron chi connectivity index (χ1n) is 8.27. The Bertz CT molecular complexity index is 936. The van der Waals surface area contributed by atoms with E-state index in [9.17, 15) is 0 Å². The van der Waals surface area contributed by atoms with Gasteiger partial charge in [0.15, 0.2) is 0 Å². The molecule has 0 fully saturated rings. The molecule has 7 heteroatoms. The zero-order chi connectivity index (χ0) is 19.2. The van der Waals surface area contributed by atoms with Crippen molar-refractivity contribution in [3.8, 4) is 28.5 Å². The Kier molecular flexibility index (Phi) is 5.93. The van der Waals surface area contributed by atoms with Crippen molar-refractivity contribution in [3.05, 3.63) is 53.4 Å². The number of nitrogens with zero attached hydrogens (tertiary/aromatic N) is 2. The average molecular weight is 383 g/mol. The molecule has 0 aliphatic carbocycles. The van der Waals surface area contributed by atoms with E-state index in [2.05, 4.69) is 15.5 Å². The molecule has 0 saturated heterocycles. The smallest absolute Gasteiger partial charge is 0.203 e. The molecule has 1 N–H and O–H groups in total. The Morgan fingerprint density at radius 2 is 1.67 bits per heavy atom. The molecule has 1 aromatic heterocycles. The summed E-state index contributed by atoms with van der Waals surface area (Å²) >= 11 is 1.47. The van der Waals surface area contributed by atoms with E-state index in [1.807, 2.05) is 54.8 Å². The molecule has 0 spiro atoms. The minimum atomic E-state index is 0.697. The maximum absolute atomic E-state index is 5.43. The lowest BCUT2D eigenvalue weighted by Crippen LogP contribution is -1.99. The van der Waals surface area contributed by atoms with E-state index in [1.165, 1.54) is 11.3 Å². The Hall–Kier alpha value is -3.06. The first-order chi connectivity index (χ1) is 13.1. The van der Waals surface area contributed by atoms with Crippen molar-refractivity contribution in [1.29, 1.82) is 0 Å². The highest BCUT2D eigenvalue weighted by molar-refractivity contribution is 7.14. The molecule has 0 aliphatic heterocycles. The molecule has 1 heterocycles. The summed E-state index contributed by atoms with van der Waals surface area (Å²) in [5.41, 5.74) is 6.56. The Morgan fingerprint density at radius 3 is 2.33 bits per heavy atom. The number of aromatic nitrogens is 1. The van der Waals surface area contributed by atoms with Crippen molar-refractivity contribution in [2.24, 2.45) is 5.10 Å². The second kappa shape index (κ2) is 8.55. The summed E-state index contributed by atoms with van der Waals surface area (Å²) < 4.78 is 15.9. The van der Waals surface area contributed by atoms with Gasteiger partial charge in [-0.25, -0.2) is 4.98 Å². The first kappa shape index (κ1) is 18.7. The first-order valence-corrected chi connectivity index (χ1v) is 9.15. The fourth-order valence-corrected chi connectivity index (χ4v) is 3.14. The third-order valence-corrected chi connectivity index (χ3v) is 4.76. The summed E-state index contributed by atoms with van der Waals surface area (Å²) in [7, 11) is 4.92. The van der Waals surface area contributed by atoms with Gasteiger partial charge in [-0.15, -0.1) is 11.3 Å². The van der Waals surface area contributed by atoms with E-state index >= 15 is 0 Å². The van der Waals surface area contributed by atoms with Crippen LogP contribution in [0.2, 0.25) is 0 Å². The van der Waals surface area contributed by atoms with Gasteiger partial charge >= 0.3 is 0 Å². The monoisotopic (exact) mass is 383 g/mol. The molecular weight excluding hydrogens is 362 g/mol. The molecule has 0 atom stereocenters. The highest BCUT2D eigenvalue weighted by Gasteiger charge is 2.11. The lowest BCUT2D eigenvalue weighted by molar-refractivity contribution is 0.404. The molecule has 3 aromatic rings. The van der Waals surface area contributed by atoms with Gasteiger partial charge in [-0.05, 0) is 55.0 Å². The van der Waals surface area contributed by atoms with Gasteiger partial charge in [0.05, 0.1) is 32.7 Å². The van der Waals surface area contributed by atoms with Crippen molar-refractivity contribution in [2.75, 3.05) is 26.8 Å². The maximum Gasteiger partial charge on any atom is 0.203 e. The number of thiazole rings is 1. The number of benzene rings is 2. The van der Waals surface area contributed by atoms with Crippen LogP contribution in [-0.4, -0.2) is 32.0 Å². The second-order valence-electron chi connectivity index (χ2n) is 5.64. The lowest BCUT2D eigenvalue weighted by Gasteiger charge is -2.08. The topological polar surface area (TPSA) is 65.0 Å². The highest BCUT2D eigenvalue weighted by atomic mass is 32.1. The normalized spacial score (nSPS) is 11.2. The molecule has 2 aromatic carbocycles. The molecule has 0 saturated carbocycles. The predicted molar refractivity (Wildman–Crippen MR) is 109 cm³/mol. The van der Waals surface area contributed by atoms with Gasteiger partial charge in [0.25, 0.3) is 0 Å². The van der Waals surface area contributed by atoms with Crippen molar-refractivity contribution in [1.82, 2.24) is 4.98 Å². The number of hydrogen-bond acceptors (Lipinski definition) is 7. The van der Waals surface area contributed by atoms with E-state index in [0.717, 1.165) is 39.8 Å². The van der Waals surface area contributed by atoms with Crippen LogP contribution < -0.4 is 19.6 Å². The standard InChI is InChI=1S/C20H21N3O3S/c1-13(14-5-7-15(24-2)8-6-14)22-23-20-21-18(12-27-20)17-11-16(25-3)9-10-19(17)26-4/h5-12H,1-4H3,(H,21,23)/b22-13+. The number of hydrogen-bond donors (Lipinski definition) is 1. The summed E-state index contributed by atoms with van der Waals surface area (Å²) in [6, 6.07) is 13.4. The third-order valence-electron chi connectivity index (χ3n) is 4.01. The third kappa shape index (κ3) is 4.38. The number of rotatable bonds is 7. The molecule has 0 bridgehead atoms. The van der Waals surface area contributed by atoms with Crippen LogP contribution in [0.4, 0.5) is 5.13 Å². The molecule has 0 aliphatic rings. The highest BCUT2D eigenvalue weighted by Crippen LogP contribution is 2.35. The van der Waals surface area contributed by atoms with Gasteiger partial charge in [-0.3, -0.25) is 5.43 Å². The molecule has 0 amide bonds. The van der Waals surface area contributed by atoms with Crippen LogP contribution in [0.25, 0.3) is 11.3 Å². The van der Waals surface area contributed by atoms with Crippen LogP contribution >= 0.6 is 11.3 Å². The minimum absolute atomic E-state index is 0.697. The average Bonchev–Trinajstić information content (AvgIpc) is 3.20. The molecule has 3 rings (SSSR count). The Labute approximate surface area is 162 Å². The van der Waals surface area contributed by atoms with Gasteiger partial charge < -0.3 is 14.2 Å². The molecule has 6 nitrogen and oxygen atoms in total. The summed E-state index contributed by atoms with van der Waals surface area (Å²) in [5.74, 6) is 2.31.